The zero-order valence-electron chi connectivity index (χ0n) is 22.3. The van der Waals surface area contributed by atoms with Gasteiger partial charge in [-0.2, -0.15) is 0 Å². The fraction of sp³-hybridized carbons (Fsp3) is 0.367. The Labute approximate surface area is 240 Å². The van der Waals surface area contributed by atoms with Crippen molar-refractivity contribution < 1.29 is 14.6 Å². The molecule has 0 spiro atoms. The van der Waals surface area contributed by atoms with E-state index in [1.807, 2.05) is 18.2 Å². The number of aryl methyl sites for hydroxylation is 1. The first kappa shape index (κ1) is 29.0. The molecule has 1 fully saturated rings. The third-order valence-electron chi connectivity index (χ3n) is 6.86. The van der Waals surface area contributed by atoms with Crippen LogP contribution in [0.5, 0.6) is 0 Å². The summed E-state index contributed by atoms with van der Waals surface area (Å²) in [7, 11) is 1.49. The minimum Gasteiger partial charge on any atom is -0.491 e. The highest BCUT2D eigenvalue weighted by Crippen LogP contribution is 2.28. The molecule has 4 rings (SSSR count). The Kier molecular flexibility index (Phi) is 10.7. The van der Waals surface area contributed by atoms with Crippen LogP contribution in [0.1, 0.15) is 24.1 Å². The molecule has 0 bridgehead atoms. The first-order valence-electron chi connectivity index (χ1n) is 13.3. The minimum atomic E-state index is -0.233. The molecule has 3 aromatic rings. The maximum absolute atomic E-state index is 12.6. The van der Waals surface area contributed by atoms with Gasteiger partial charge in [0.05, 0.1) is 17.2 Å². The van der Waals surface area contributed by atoms with E-state index in [1.54, 1.807) is 18.2 Å². The minimum absolute atomic E-state index is 0.224. The maximum Gasteiger partial charge on any atom is 0.286 e. The van der Waals surface area contributed by atoms with Crippen LogP contribution in [0.15, 0.2) is 60.4 Å². The summed E-state index contributed by atoms with van der Waals surface area (Å²) < 4.78 is 5.30. The average molecular weight is 572 g/mol. The van der Waals surface area contributed by atoms with Crippen LogP contribution >= 0.6 is 23.2 Å². The van der Waals surface area contributed by atoms with Crippen molar-refractivity contribution in [3.63, 3.8) is 0 Å². The van der Waals surface area contributed by atoms with E-state index in [1.165, 1.54) is 18.4 Å². The molecule has 2 heterocycles. The fourth-order valence-corrected chi connectivity index (χ4v) is 5.06. The molecule has 0 atom stereocenters. The van der Waals surface area contributed by atoms with Gasteiger partial charge in [0.15, 0.2) is 5.76 Å². The molecule has 3 N–H and O–H groups in total. The van der Waals surface area contributed by atoms with Crippen molar-refractivity contribution >= 4 is 51.8 Å². The Balaban J connectivity index is 1.18. The number of carbonyl (C=O) groups is 1. The lowest BCUT2D eigenvalue weighted by Crippen LogP contribution is -2.47. The van der Waals surface area contributed by atoms with Gasteiger partial charge in [0, 0.05) is 61.6 Å². The number of aromatic nitrogens is 1. The number of amides is 1. The largest absolute Gasteiger partial charge is 0.491 e. The lowest BCUT2D eigenvalue weighted by molar-refractivity contribution is -0.120. The van der Waals surface area contributed by atoms with Crippen LogP contribution in [0.2, 0.25) is 10.0 Å². The predicted molar refractivity (Wildman–Crippen MR) is 161 cm³/mol. The number of piperazine rings is 1. The first-order chi connectivity index (χ1) is 19.0. The topological polar surface area (TPSA) is 80.8 Å². The molecule has 0 aliphatic carbocycles. The molecule has 0 unspecified atom stereocenters. The Bertz CT molecular complexity index is 1270. The van der Waals surface area contributed by atoms with E-state index in [-0.39, 0.29) is 18.3 Å². The molecule has 208 valence electrons. The van der Waals surface area contributed by atoms with Crippen LogP contribution in [0.3, 0.4) is 0 Å². The number of hydrogen-bond donors (Lipinski definition) is 3. The van der Waals surface area contributed by atoms with E-state index < -0.39 is 0 Å². The number of hydrogen-bond acceptors (Lipinski definition) is 5. The lowest BCUT2D eigenvalue weighted by Gasteiger charge is -2.36. The van der Waals surface area contributed by atoms with Crippen molar-refractivity contribution in [3.05, 3.63) is 81.7 Å². The molecule has 1 amide bonds. The number of nitrogens with zero attached hydrogens (tertiary/aromatic N) is 2. The smallest absolute Gasteiger partial charge is 0.286 e. The van der Waals surface area contributed by atoms with Gasteiger partial charge in [-0.25, -0.2) is 0 Å². The molecule has 1 saturated heterocycles. The van der Waals surface area contributed by atoms with Crippen molar-refractivity contribution in [1.29, 1.82) is 0 Å². The number of aromatic amines is 1. The van der Waals surface area contributed by atoms with Crippen LogP contribution in [0.4, 0.5) is 5.69 Å². The lowest BCUT2D eigenvalue weighted by atomic mass is 10.1. The standard InChI is InChI=1S/C30H36Cl2N4O3/c1-39-29(10-3-8-24-19-23-20-26(31)27(32)21-28(23)34-24)30(38)33-11-5-12-35-13-15-36(16-14-35)25-9-2-6-22(18-25)7-4-17-37/h2-3,6,8-10,18-21,34,37H,4-5,7,11-17H2,1H3,(H,33,38)/b8-3+,29-10-. The number of H-pyrrole nitrogens is 1. The van der Waals surface area contributed by atoms with Crippen molar-refractivity contribution in [3.8, 4) is 0 Å². The van der Waals surface area contributed by atoms with Gasteiger partial charge in [0.1, 0.15) is 0 Å². The van der Waals surface area contributed by atoms with E-state index in [4.69, 9.17) is 33.0 Å². The number of halogens is 2. The Hall–Kier alpha value is -2.97. The van der Waals surface area contributed by atoms with Gasteiger partial charge in [-0.1, -0.05) is 41.4 Å². The summed E-state index contributed by atoms with van der Waals surface area (Å²) in [5.74, 6) is 0.0199. The second kappa shape index (κ2) is 14.4. The van der Waals surface area contributed by atoms with Crippen LogP contribution < -0.4 is 10.2 Å². The Morgan fingerprint density at radius 1 is 1.10 bits per heavy atom. The van der Waals surface area contributed by atoms with Gasteiger partial charge >= 0.3 is 0 Å². The number of carbonyl (C=O) groups excluding carboxylic acids is 1. The number of methoxy groups -OCH3 is 1. The second-order valence-electron chi connectivity index (χ2n) is 9.61. The van der Waals surface area contributed by atoms with E-state index >= 15 is 0 Å². The highest BCUT2D eigenvalue weighted by molar-refractivity contribution is 6.42. The van der Waals surface area contributed by atoms with E-state index in [2.05, 4.69) is 44.4 Å². The third-order valence-corrected chi connectivity index (χ3v) is 7.58. The molecule has 9 heteroatoms. The van der Waals surface area contributed by atoms with Crippen molar-refractivity contribution in [2.75, 3.05) is 57.9 Å². The summed E-state index contributed by atoms with van der Waals surface area (Å²) >= 11 is 12.2. The normalized spacial score (nSPS) is 14.9. The number of aliphatic hydroxyl groups is 1. The summed E-state index contributed by atoms with van der Waals surface area (Å²) in [6.07, 6.45) is 7.85. The van der Waals surface area contributed by atoms with Gasteiger partial charge in [-0.05, 0) is 73.9 Å². The Morgan fingerprint density at radius 3 is 2.67 bits per heavy atom. The maximum atomic E-state index is 12.6. The number of allylic oxidation sites excluding steroid dienone is 2. The van der Waals surface area contributed by atoms with E-state index in [0.29, 0.717) is 16.6 Å². The van der Waals surface area contributed by atoms with E-state index in [9.17, 15) is 4.79 Å². The van der Waals surface area contributed by atoms with Crippen molar-refractivity contribution in [1.82, 2.24) is 15.2 Å². The number of nitrogens with one attached hydrogen (secondary N) is 2. The molecule has 1 aliphatic rings. The first-order valence-corrected chi connectivity index (χ1v) is 14.1. The molecule has 0 radical (unpaired) electrons. The number of anilines is 1. The van der Waals surface area contributed by atoms with Gasteiger partial charge in [-0.3, -0.25) is 9.69 Å². The van der Waals surface area contributed by atoms with Crippen LogP contribution in [0, 0.1) is 0 Å². The predicted octanol–water partition coefficient (Wildman–Crippen LogP) is 5.27. The quantitative estimate of drug-likeness (QED) is 0.120. The number of benzene rings is 2. The van der Waals surface area contributed by atoms with Gasteiger partial charge < -0.3 is 25.0 Å². The summed E-state index contributed by atoms with van der Waals surface area (Å²) in [5, 5.41) is 14.0. The van der Waals surface area contributed by atoms with E-state index in [0.717, 1.165) is 68.6 Å². The van der Waals surface area contributed by atoms with Gasteiger partial charge in [0.25, 0.3) is 5.91 Å². The SMILES string of the molecule is CO/C(=C\C=C\c1cc2cc(Cl)c(Cl)cc2[nH]1)C(=O)NCCCN1CCN(c2cccc(CCCO)c2)CC1. The van der Waals surface area contributed by atoms with Gasteiger partial charge in [0.2, 0.25) is 0 Å². The molecule has 7 nitrogen and oxygen atoms in total. The summed E-state index contributed by atoms with van der Waals surface area (Å²) in [5.41, 5.74) is 4.28. The van der Waals surface area contributed by atoms with Crippen LogP contribution in [-0.2, 0) is 16.0 Å². The fourth-order valence-electron chi connectivity index (χ4n) is 4.73. The number of rotatable bonds is 12. The zero-order chi connectivity index (χ0) is 27.6. The summed E-state index contributed by atoms with van der Waals surface area (Å²) in [6.45, 7) is 5.70. The van der Waals surface area contributed by atoms with Crippen LogP contribution in [0.25, 0.3) is 17.0 Å². The molecule has 1 aliphatic heterocycles. The number of fused-ring (bicyclic) bond motifs is 1. The van der Waals surface area contributed by atoms with Crippen molar-refractivity contribution in [2.45, 2.75) is 19.3 Å². The van der Waals surface area contributed by atoms with Crippen LogP contribution in [-0.4, -0.2) is 73.9 Å². The summed E-state index contributed by atoms with van der Waals surface area (Å²) in [6, 6.07) is 14.2. The average Bonchev–Trinajstić information content (AvgIpc) is 3.34. The molecular formula is C30H36Cl2N4O3. The summed E-state index contributed by atoms with van der Waals surface area (Å²) in [4.78, 5) is 20.7. The molecular weight excluding hydrogens is 535 g/mol. The molecule has 0 saturated carbocycles. The monoisotopic (exact) mass is 570 g/mol. The third kappa shape index (κ3) is 8.26. The number of ether oxygens (including phenoxy) is 1. The highest BCUT2D eigenvalue weighted by atomic mass is 35.5. The number of aliphatic hydroxyl groups excluding tert-OH is 1. The second-order valence-corrected chi connectivity index (χ2v) is 10.4. The van der Waals surface area contributed by atoms with Crippen molar-refractivity contribution in [2.24, 2.45) is 0 Å². The molecule has 2 aromatic carbocycles. The molecule has 1 aromatic heterocycles. The van der Waals surface area contributed by atoms with Gasteiger partial charge in [-0.15, -0.1) is 0 Å². The highest BCUT2D eigenvalue weighted by Gasteiger charge is 2.17. The molecule has 39 heavy (non-hydrogen) atoms. The zero-order valence-corrected chi connectivity index (χ0v) is 23.8. The Morgan fingerprint density at radius 2 is 1.90 bits per heavy atom.